The molecule has 1 aromatic carbocycles. The van der Waals surface area contributed by atoms with Crippen LogP contribution < -0.4 is 10.1 Å². The second kappa shape index (κ2) is 6.69. The zero-order valence-electron chi connectivity index (χ0n) is 13.0. The largest absolute Gasteiger partial charge is 0.495 e. The quantitative estimate of drug-likeness (QED) is 0.893. The minimum atomic E-state index is 0.129. The van der Waals surface area contributed by atoms with Gasteiger partial charge in [0.05, 0.1) is 12.1 Å². The number of carbonyl (C=O) groups excluding carboxylic acids is 1. The van der Waals surface area contributed by atoms with E-state index in [-0.39, 0.29) is 5.91 Å². The normalized spacial score (nSPS) is 20.3. The van der Waals surface area contributed by atoms with E-state index >= 15 is 0 Å². The predicted octanol–water partition coefficient (Wildman–Crippen LogP) is 3.98. The van der Waals surface area contributed by atoms with Gasteiger partial charge in [-0.25, -0.2) is 0 Å². The van der Waals surface area contributed by atoms with Crippen LogP contribution in [0.4, 0.5) is 0 Å². The number of aryl methyl sites for hydroxylation is 1. The zero-order chi connectivity index (χ0) is 15.5. The fraction of sp³-hybridized carbons (Fsp3) is 0.588. The minimum Gasteiger partial charge on any atom is -0.495 e. The predicted molar refractivity (Wildman–Crippen MR) is 85.9 cm³/mol. The first-order valence-electron chi connectivity index (χ1n) is 7.51. The first-order valence-corrected chi connectivity index (χ1v) is 7.89. The third-order valence-corrected chi connectivity index (χ3v) is 4.49. The van der Waals surface area contributed by atoms with E-state index in [2.05, 4.69) is 19.2 Å². The monoisotopic (exact) mass is 309 g/mol. The molecule has 1 amide bonds. The Morgan fingerprint density at radius 1 is 1.48 bits per heavy atom. The van der Waals surface area contributed by atoms with E-state index in [1.165, 1.54) is 6.42 Å². The van der Waals surface area contributed by atoms with Crippen molar-refractivity contribution in [2.24, 2.45) is 5.41 Å². The summed E-state index contributed by atoms with van der Waals surface area (Å²) in [6.45, 7) is 4.52. The van der Waals surface area contributed by atoms with Gasteiger partial charge in [0.1, 0.15) is 5.75 Å². The third kappa shape index (κ3) is 4.63. The lowest BCUT2D eigenvalue weighted by molar-refractivity contribution is -0.121. The maximum absolute atomic E-state index is 12.0. The summed E-state index contributed by atoms with van der Waals surface area (Å²) in [5.74, 6) is 0.794. The van der Waals surface area contributed by atoms with Crippen LogP contribution in [-0.4, -0.2) is 19.1 Å². The Kier molecular flexibility index (Phi) is 5.15. The Labute approximate surface area is 132 Å². The van der Waals surface area contributed by atoms with E-state index in [1.54, 1.807) is 7.11 Å². The Balaban J connectivity index is 1.80. The van der Waals surface area contributed by atoms with Crippen molar-refractivity contribution in [3.63, 3.8) is 0 Å². The van der Waals surface area contributed by atoms with Crippen molar-refractivity contribution in [1.29, 1.82) is 0 Å². The van der Waals surface area contributed by atoms with Crippen molar-refractivity contribution < 1.29 is 9.53 Å². The molecule has 1 N–H and O–H groups in total. The minimum absolute atomic E-state index is 0.129. The molecule has 1 atom stereocenters. The fourth-order valence-corrected chi connectivity index (χ4v) is 3.26. The second-order valence-corrected chi connectivity index (χ2v) is 7.05. The van der Waals surface area contributed by atoms with Crippen LogP contribution in [0.2, 0.25) is 5.02 Å². The lowest BCUT2D eigenvalue weighted by Crippen LogP contribution is -2.33. The fourth-order valence-electron chi connectivity index (χ4n) is 2.98. The van der Waals surface area contributed by atoms with Crippen molar-refractivity contribution in [2.45, 2.75) is 52.0 Å². The van der Waals surface area contributed by atoms with Gasteiger partial charge >= 0.3 is 0 Å². The number of nitrogens with one attached hydrogen (secondary N) is 1. The van der Waals surface area contributed by atoms with Crippen LogP contribution in [0.25, 0.3) is 0 Å². The second-order valence-electron chi connectivity index (χ2n) is 6.64. The zero-order valence-corrected chi connectivity index (χ0v) is 13.8. The molecule has 21 heavy (non-hydrogen) atoms. The van der Waals surface area contributed by atoms with E-state index in [0.29, 0.717) is 35.1 Å². The van der Waals surface area contributed by atoms with Gasteiger partial charge in [-0.05, 0) is 48.8 Å². The summed E-state index contributed by atoms with van der Waals surface area (Å²) >= 11 is 6.09. The molecule has 1 saturated carbocycles. The molecule has 1 unspecified atom stereocenters. The standard InChI is InChI=1S/C17H24ClNO2/c1-17(2)9-8-13(11-17)19-16(20)7-5-12-4-6-15(21-3)14(18)10-12/h4,6,10,13H,5,7-9,11H2,1-3H3,(H,19,20). The molecule has 1 fully saturated rings. The number of carbonyl (C=O) groups is 1. The topological polar surface area (TPSA) is 38.3 Å². The molecule has 4 heteroatoms. The first kappa shape index (κ1) is 16.2. The molecule has 0 aliphatic heterocycles. The summed E-state index contributed by atoms with van der Waals surface area (Å²) < 4.78 is 5.12. The lowest BCUT2D eigenvalue weighted by Gasteiger charge is -2.17. The van der Waals surface area contributed by atoms with Crippen molar-refractivity contribution in [1.82, 2.24) is 5.32 Å². The van der Waals surface area contributed by atoms with Gasteiger partial charge in [0.2, 0.25) is 5.91 Å². The smallest absolute Gasteiger partial charge is 0.220 e. The molecular weight excluding hydrogens is 286 g/mol. The number of rotatable bonds is 5. The molecule has 1 aliphatic rings. The van der Waals surface area contributed by atoms with Gasteiger partial charge < -0.3 is 10.1 Å². The van der Waals surface area contributed by atoms with Gasteiger partial charge in [0.15, 0.2) is 0 Å². The molecule has 0 spiro atoms. The molecule has 2 rings (SSSR count). The maximum Gasteiger partial charge on any atom is 0.220 e. The molecule has 0 saturated heterocycles. The van der Waals surface area contributed by atoms with E-state index < -0.39 is 0 Å². The van der Waals surface area contributed by atoms with E-state index in [4.69, 9.17) is 16.3 Å². The maximum atomic E-state index is 12.0. The summed E-state index contributed by atoms with van der Waals surface area (Å²) in [5.41, 5.74) is 1.42. The number of methoxy groups -OCH3 is 1. The Morgan fingerprint density at radius 3 is 2.81 bits per heavy atom. The highest BCUT2D eigenvalue weighted by atomic mass is 35.5. The van der Waals surface area contributed by atoms with Crippen LogP contribution >= 0.6 is 11.6 Å². The van der Waals surface area contributed by atoms with Crippen LogP contribution in [0.1, 0.15) is 45.1 Å². The van der Waals surface area contributed by atoms with E-state index in [9.17, 15) is 4.79 Å². The van der Waals surface area contributed by atoms with Crippen molar-refractivity contribution in [3.05, 3.63) is 28.8 Å². The number of amides is 1. The molecule has 0 aromatic heterocycles. The third-order valence-electron chi connectivity index (χ3n) is 4.19. The van der Waals surface area contributed by atoms with Crippen molar-refractivity contribution in [3.8, 4) is 5.75 Å². The van der Waals surface area contributed by atoms with Gasteiger partial charge in [0, 0.05) is 12.5 Å². The van der Waals surface area contributed by atoms with Crippen LogP contribution in [0, 0.1) is 5.41 Å². The molecule has 1 aliphatic carbocycles. The number of benzene rings is 1. The Morgan fingerprint density at radius 2 is 2.24 bits per heavy atom. The average Bonchev–Trinajstić information content (AvgIpc) is 2.75. The average molecular weight is 310 g/mol. The Hall–Kier alpha value is -1.22. The molecule has 3 nitrogen and oxygen atoms in total. The lowest BCUT2D eigenvalue weighted by atomic mass is 9.92. The van der Waals surface area contributed by atoms with Crippen LogP contribution in [0.15, 0.2) is 18.2 Å². The van der Waals surface area contributed by atoms with Gasteiger partial charge in [-0.3, -0.25) is 4.79 Å². The van der Waals surface area contributed by atoms with E-state index in [0.717, 1.165) is 18.4 Å². The highest BCUT2D eigenvalue weighted by molar-refractivity contribution is 6.32. The molecule has 0 heterocycles. The Bertz CT molecular complexity index is 514. The van der Waals surface area contributed by atoms with Gasteiger partial charge in [-0.15, -0.1) is 0 Å². The van der Waals surface area contributed by atoms with Crippen LogP contribution in [0.3, 0.4) is 0 Å². The summed E-state index contributed by atoms with van der Waals surface area (Å²) in [5, 5.41) is 3.74. The number of hydrogen-bond donors (Lipinski definition) is 1. The molecule has 0 bridgehead atoms. The number of ether oxygens (including phenoxy) is 1. The first-order chi connectivity index (χ1) is 9.89. The van der Waals surface area contributed by atoms with Crippen LogP contribution in [0.5, 0.6) is 5.75 Å². The molecule has 1 aromatic rings. The van der Waals surface area contributed by atoms with Gasteiger partial charge in [-0.2, -0.15) is 0 Å². The van der Waals surface area contributed by atoms with Crippen molar-refractivity contribution in [2.75, 3.05) is 7.11 Å². The van der Waals surface area contributed by atoms with Gasteiger partial charge in [0.25, 0.3) is 0 Å². The van der Waals surface area contributed by atoms with Crippen molar-refractivity contribution >= 4 is 17.5 Å². The van der Waals surface area contributed by atoms with E-state index in [1.807, 2.05) is 18.2 Å². The summed E-state index contributed by atoms with van der Waals surface area (Å²) in [6, 6.07) is 6.00. The van der Waals surface area contributed by atoms with Gasteiger partial charge in [-0.1, -0.05) is 31.5 Å². The number of hydrogen-bond acceptors (Lipinski definition) is 2. The summed E-state index contributed by atoms with van der Waals surface area (Å²) in [4.78, 5) is 12.0. The summed E-state index contributed by atoms with van der Waals surface area (Å²) in [7, 11) is 1.59. The highest BCUT2D eigenvalue weighted by Gasteiger charge is 2.31. The SMILES string of the molecule is COc1ccc(CCC(=O)NC2CCC(C)(C)C2)cc1Cl. The molecular formula is C17H24ClNO2. The summed E-state index contributed by atoms with van der Waals surface area (Å²) in [6.07, 6.45) is 4.55. The number of halogens is 1. The van der Waals surface area contributed by atoms with Crippen LogP contribution in [-0.2, 0) is 11.2 Å². The highest BCUT2D eigenvalue weighted by Crippen LogP contribution is 2.36. The molecule has 0 radical (unpaired) electrons. The molecule has 116 valence electrons.